The van der Waals surface area contributed by atoms with Gasteiger partial charge in [-0.15, -0.1) is 0 Å². The van der Waals surface area contributed by atoms with Crippen molar-refractivity contribution in [1.82, 2.24) is 9.36 Å². The topological polar surface area (TPSA) is 107 Å². The van der Waals surface area contributed by atoms with Gasteiger partial charge in [-0.2, -0.15) is 0 Å². The number of benzene rings is 2. The molecule has 1 aromatic heterocycles. The molecule has 0 atom stereocenters. The summed E-state index contributed by atoms with van der Waals surface area (Å²) in [6.45, 7) is 1.67. The van der Waals surface area contributed by atoms with E-state index >= 15 is 0 Å². The maximum absolute atomic E-state index is 13.2. The summed E-state index contributed by atoms with van der Waals surface area (Å²) in [5, 5.41) is 10.2. The predicted molar refractivity (Wildman–Crippen MR) is 117 cm³/mol. The van der Waals surface area contributed by atoms with Gasteiger partial charge in [-0.25, -0.2) is 9.58 Å². The molecule has 9 nitrogen and oxygen atoms in total. The van der Waals surface area contributed by atoms with Crippen molar-refractivity contribution in [2.45, 2.75) is 6.92 Å². The molecule has 0 saturated carbocycles. The highest BCUT2D eigenvalue weighted by Crippen LogP contribution is 2.36. The molecular weight excluding hydrogens is 420 g/mol. The van der Waals surface area contributed by atoms with Crippen molar-refractivity contribution in [3.05, 3.63) is 91.2 Å². The molecule has 1 aliphatic rings. The number of anilines is 1. The summed E-state index contributed by atoms with van der Waals surface area (Å²) in [6.07, 6.45) is 1.47. The van der Waals surface area contributed by atoms with Gasteiger partial charge in [0.15, 0.2) is 0 Å². The Balaban J connectivity index is 1.73. The SMILES string of the molecule is Cc1c(N2C(=O)S/C(=C\c3ccc([N+](=O)[O-])cc3)C2=O)c(=O)n(-c2ccccc2)n1C. The molecule has 0 bridgehead atoms. The molecule has 1 saturated heterocycles. The van der Waals surface area contributed by atoms with E-state index in [0.29, 0.717) is 16.9 Å². The van der Waals surface area contributed by atoms with Crippen LogP contribution >= 0.6 is 11.8 Å². The molecule has 0 spiro atoms. The molecule has 3 aromatic rings. The summed E-state index contributed by atoms with van der Waals surface area (Å²) in [7, 11) is 1.68. The summed E-state index contributed by atoms with van der Waals surface area (Å²) in [5.41, 5.74) is 1.05. The van der Waals surface area contributed by atoms with E-state index in [1.54, 1.807) is 42.9 Å². The minimum absolute atomic E-state index is 0.000882. The summed E-state index contributed by atoms with van der Waals surface area (Å²) < 4.78 is 2.99. The van der Waals surface area contributed by atoms with Crippen molar-refractivity contribution in [1.29, 1.82) is 0 Å². The predicted octanol–water partition coefficient (Wildman–Crippen LogP) is 3.63. The van der Waals surface area contributed by atoms with Gasteiger partial charge in [-0.3, -0.25) is 29.2 Å². The molecule has 0 N–H and O–H groups in total. The number of amides is 2. The molecule has 31 heavy (non-hydrogen) atoms. The lowest BCUT2D eigenvalue weighted by atomic mass is 10.2. The summed E-state index contributed by atoms with van der Waals surface area (Å²) in [5.74, 6) is -0.612. The third kappa shape index (κ3) is 3.46. The van der Waals surface area contributed by atoms with Crippen LogP contribution in [0.25, 0.3) is 11.8 Å². The number of para-hydroxylation sites is 1. The van der Waals surface area contributed by atoms with E-state index in [-0.39, 0.29) is 16.3 Å². The fourth-order valence-corrected chi connectivity index (χ4v) is 4.14. The highest BCUT2D eigenvalue weighted by atomic mass is 32.2. The Hall–Kier alpha value is -3.92. The van der Waals surface area contributed by atoms with Crippen molar-refractivity contribution >= 4 is 40.4 Å². The van der Waals surface area contributed by atoms with Crippen LogP contribution in [0.1, 0.15) is 11.3 Å². The standard InChI is InChI=1S/C21H16N4O5S/c1-13-18(20(27)24(22(13)2)15-6-4-3-5-7-15)23-19(26)17(31-21(23)28)12-14-8-10-16(11-9-14)25(29)30/h3-12H,1-2H3/b17-12-. The third-order valence-electron chi connectivity index (χ3n) is 4.94. The van der Waals surface area contributed by atoms with Crippen molar-refractivity contribution in [2.75, 3.05) is 4.90 Å². The van der Waals surface area contributed by atoms with E-state index in [1.165, 1.54) is 35.0 Å². The molecule has 2 heterocycles. The van der Waals surface area contributed by atoms with Gasteiger partial charge < -0.3 is 0 Å². The van der Waals surface area contributed by atoms with Crippen molar-refractivity contribution in [2.24, 2.45) is 7.05 Å². The maximum atomic E-state index is 13.2. The number of hydrogen-bond acceptors (Lipinski definition) is 6. The van der Waals surface area contributed by atoms with E-state index in [2.05, 4.69) is 0 Å². The van der Waals surface area contributed by atoms with Crippen LogP contribution in [0, 0.1) is 17.0 Å². The van der Waals surface area contributed by atoms with Gasteiger partial charge in [0.1, 0.15) is 5.69 Å². The number of nitrogens with zero attached hydrogens (tertiary/aromatic N) is 4. The van der Waals surface area contributed by atoms with Gasteiger partial charge in [-0.05, 0) is 54.6 Å². The molecule has 1 aliphatic heterocycles. The Morgan fingerprint density at radius 3 is 2.26 bits per heavy atom. The summed E-state index contributed by atoms with van der Waals surface area (Å²) in [6, 6.07) is 14.5. The smallest absolute Gasteiger partial charge is 0.283 e. The Kier molecular flexibility index (Phi) is 5.07. The average molecular weight is 436 g/mol. The lowest BCUT2D eigenvalue weighted by molar-refractivity contribution is -0.384. The second-order valence-electron chi connectivity index (χ2n) is 6.78. The number of nitro groups is 1. The fourth-order valence-electron chi connectivity index (χ4n) is 3.32. The van der Waals surface area contributed by atoms with E-state index < -0.39 is 21.6 Å². The Bertz CT molecular complexity index is 1310. The third-order valence-corrected chi connectivity index (χ3v) is 5.81. The number of nitro benzene ring substituents is 1. The molecule has 2 amide bonds. The van der Waals surface area contributed by atoms with Crippen LogP contribution in [-0.4, -0.2) is 25.4 Å². The first-order valence-corrected chi connectivity index (χ1v) is 9.97. The first kappa shape index (κ1) is 20.4. The van der Waals surface area contributed by atoms with Crippen LogP contribution in [0.2, 0.25) is 0 Å². The monoisotopic (exact) mass is 436 g/mol. The van der Waals surface area contributed by atoms with Gasteiger partial charge in [-0.1, -0.05) is 18.2 Å². The lowest BCUT2D eigenvalue weighted by Crippen LogP contribution is -2.33. The number of thioether (sulfide) groups is 1. The van der Waals surface area contributed by atoms with E-state index in [4.69, 9.17) is 0 Å². The maximum Gasteiger partial charge on any atom is 0.298 e. The molecule has 2 aromatic carbocycles. The number of hydrogen-bond donors (Lipinski definition) is 0. The van der Waals surface area contributed by atoms with Crippen molar-refractivity contribution in [3.63, 3.8) is 0 Å². The second-order valence-corrected chi connectivity index (χ2v) is 7.77. The van der Waals surface area contributed by atoms with Crippen molar-refractivity contribution in [3.8, 4) is 5.69 Å². The van der Waals surface area contributed by atoms with Crippen LogP contribution in [-0.2, 0) is 11.8 Å². The van der Waals surface area contributed by atoms with E-state index in [1.807, 2.05) is 6.07 Å². The minimum atomic E-state index is -0.612. The molecule has 0 unspecified atom stereocenters. The van der Waals surface area contributed by atoms with Gasteiger partial charge in [0.05, 0.1) is 21.2 Å². The average Bonchev–Trinajstić information content (AvgIpc) is 3.14. The first-order chi connectivity index (χ1) is 14.8. The summed E-state index contributed by atoms with van der Waals surface area (Å²) in [4.78, 5) is 50.1. The summed E-state index contributed by atoms with van der Waals surface area (Å²) >= 11 is 0.718. The zero-order valence-electron chi connectivity index (χ0n) is 16.5. The number of rotatable bonds is 4. The number of imide groups is 1. The van der Waals surface area contributed by atoms with Gasteiger partial charge in [0.25, 0.3) is 22.4 Å². The minimum Gasteiger partial charge on any atom is -0.283 e. The van der Waals surface area contributed by atoms with Crippen LogP contribution in [0.4, 0.5) is 16.2 Å². The first-order valence-electron chi connectivity index (χ1n) is 9.16. The van der Waals surface area contributed by atoms with Crippen LogP contribution in [0.3, 0.4) is 0 Å². The Morgan fingerprint density at radius 2 is 1.65 bits per heavy atom. The molecule has 10 heteroatoms. The molecule has 0 aliphatic carbocycles. The largest absolute Gasteiger partial charge is 0.298 e. The zero-order valence-corrected chi connectivity index (χ0v) is 17.3. The number of non-ortho nitro benzene ring substituents is 1. The van der Waals surface area contributed by atoms with Crippen LogP contribution in [0.5, 0.6) is 0 Å². The molecule has 0 radical (unpaired) electrons. The number of carbonyl (C=O) groups excluding carboxylic acids is 2. The highest BCUT2D eigenvalue weighted by Gasteiger charge is 2.40. The number of carbonyl (C=O) groups is 2. The normalized spacial score (nSPS) is 15.2. The van der Waals surface area contributed by atoms with Gasteiger partial charge in [0, 0.05) is 19.2 Å². The van der Waals surface area contributed by atoms with Crippen LogP contribution in [0.15, 0.2) is 64.3 Å². The zero-order chi connectivity index (χ0) is 22.3. The molecule has 4 rings (SSSR count). The molecular formula is C21H16N4O5S. The molecule has 1 fully saturated rings. The molecule has 156 valence electrons. The fraction of sp³-hybridized carbons (Fsp3) is 0.0952. The number of aromatic nitrogens is 2. The van der Waals surface area contributed by atoms with Crippen LogP contribution < -0.4 is 10.5 Å². The Labute approximate surface area is 180 Å². The van der Waals surface area contributed by atoms with E-state index in [9.17, 15) is 24.5 Å². The quantitative estimate of drug-likeness (QED) is 0.351. The highest BCUT2D eigenvalue weighted by molar-refractivity contribution is 8.19. The lowest BCUT2D eigenvalue weighted by Gasteiger charge is -2.10. The van der Waals surface area contributed by atoms with Crippen molar-refractivity contribution < 1.29 is 14.5 Å². The van der Waals surface area contributed by atoms with E-state index in [0.717, 1.165) is 16.7 Å². The van der Waals surface area contributed by atoms with Gasteiger partial charge in [0.2, 0.25) is 0 Å². The Morgan fingerprint density at radius 1 is 1.00 bits per heavy atom. The second kappa shape index (κ2) is 7.73. The van der Waals surface area contributed by atoms with Gasteiger partial charge >= 0.3 is 0 Å².